The zero-order chi connectivity index (χ0) is 15.8. The fourth-order valence-corrected chi connectivity index (χ4v) is 2.05. The van der Waals surface area contributed by atoms with Crippen LogP contribution in [-0.4, -0.2) is 19.1 Å². The first-order valence-corrected chi connectivity index (χ1v) is 7.40. The highest BCUT2D eigenvalue weighted by Crippen LogP contribution is 2.13. The Labute approximate surface area is 130 Å². The van der Waals surface area contributed by atoms with Crippen LogP contribution in [0.5, 0.6) is 5.75 Å². The number of rotatable bonds is 7. The highest BCUT2D eigenvalue weighted by molar-refractivity contribution is 5.77. The Morgan fingerprint density at radius 3 is 2.64 bits per heavy atom. The van der Waals surface area contributed by atoms with E-state index in [1.165, 1.54) is 17.7 Å². The van der Waals surface area contributed by atoms with E-state index < -0.39 is 0 Å². The lowest BCUT2D eigenvalue weighted by molar-refractivity contribution is -0.123. The molecular formula is C18H20FNO2. The van der Waals surface area contributed by atoms with Gasteiger partial charge in [-0.3, -0.25) is 4.79 Å². The Bertz CT molecular complexity index is 611. The lowest BCUT2D eigenvalue weighted by Crippen LogP contribution is -2.30. The lowest BCUT2D eigenvalue weighted by Gasteiger charge is -2.08. The SMILES string of the molecule is CCc1cccc(OCC(=O)NCCc2ccc(F)cc2)c1. The Morgan fingerprint density at radius 2 is 1.91 bits per heavy atom. The molecule has 0 saturated heterocycles. The normalized spacial score (nSPS) is 10.3. The number of carbonyl (C=O) groups is 1. The molecule has 2 aromatic carbocycles. The molecule has 0 atom stereocenters. The van der Waals surface area contributed by atoms with Gasteiger partial charge in [-0.2, -0.15) is 0 Å². The largest absolute Gasteiger partial charge is 0.484 e. The molecule has 0 aliphatic rings. The van der Waals surface area contributed by atoms with E-state index in [9.17, 15) is 9.18 Å². The summed E-state index contributed by atoms with van der Waals surface area (Å²) in [7, 11) is 0. The molecule has 3 nitrogen and oxygen atoms in total. The van der Waals surface area contributed by atoms with Crippen molar-refractivity contribution < 1.29 is 13.9 Å². The minimum atomic E-state index is -0.254. The van der Waals surface area contributed by atoms with Crippen molar-refractivity contribution in [3.05, 3.63) is 65.5 Å². The summed E-state index contributed by atoms with van der Waals surface area (Å²) in [5.74, 6) is 0.285. The quantitative estimate of drug-likeness (QED) is 0.853. The maximum absolute atomic E-state index is 12.8. The summed E-state index contributed by atoms with van der Waals surface area (Å²) in [5, 5.41) is 2.79. The van der Waals surface area contributed by atoms with E-state index in [1.54, 1.807) is 12.1 Å². The lowest BCUT2D eigenvalue weighted by atomic mass is 10.1. The Kier molecular flexibility index (Phi) is 5.95. The number of ether oxygens (including phenoxy) is 1. The highest BCUT2D eigenvalue weighted by Gasteiger charge is 2.03. The van der Waals surface area contributed by atoms with Crippen LogP contribution in [0.2, 0.25) is 0 Å². The number of halogens is 1. The van der Waals surface area contributed by atoms with Crippen LogP contribution in [0.4, 0.5) is 4.39 Å². The fourth-order valence-electron chi connectivity index (χ4n) is 2.05. The summed E-state index contributed by atoms with van der Waals surface area (Å²) in [6, 6.07) is 14.0. The second-order valence-corrected chi connectivity index (χ2v) is 5.02. The molecule has 0 aliphatic carbocycles. The van der Waals surface area contributed by atoms with Crippen molar-refractivity contribution >= 4 is 5.91 Å². The average Bonchev–Trinajstić information content (AvgIpc) is 2.55. The van der Waals surface area contributed by atoms with Crippen molar-refractivity contribution in [2.75, 3.05) is 13.2 Å². The third-order valence-corrected chi connectivity index (χ3v) is 3.33. The molecule has 0 fully saturated rings. The summed E-state index contributed by atoms with van der Waals surface area (Å²) in [6.45, 7) is 2.57. The van der Waals surface area contributed by atoms with Crippen LogP contribution in [0.1, 0.15) is 18.1 Å². The van der Waals surface area contributed by atoms with E-state index in [2.05, 4.69) is 12.2 Å². The van der Waals surface area contributed by atoms with Crippen LogP contribution in [0.3, 0.4) is 0 Å². The maximum atomic E-state index is 12.8. The van der Waals surface area contributed by atoms with Gasteiger partial charge in [0, 0.05) is 6.54 Å². The van der Waals surface area contributed by atoms with Gasteiger partial charge < -0.3 is 10.1 Å². The van der Waals surface area contributed by atoms with Gasteiger partial charge in [0.05, 0.1) is 0 Å². The monoisotopic (exact) mass is 301 g/mol. The topological polar surface area (TPSA) is 38.3 Å². The van der Waals surface area contributed by atoms with Crippen LogP contribution < -0.4 is 10.1 Å². The van der Waals surface area contributed by atoms with E-state index in [-0.39, 0.29) is 18.3 Å². The van der Waals surface area contributed by atoms with Gasteiger partial charge in [-0.05, 0) is 48.2 Å². The maximum Gasteiger partial charge on any atom is 0.257 e. The minimum absolute atomic E-state index is 0.00339. The van der Waals surface area contributed by atoms with E-state index >= 15 is 0 Å². The second-order valence-electron chi connectivity index (χ2n) is 5.02. The molecule has 0 radical (unpaired) electrons. The number of amides is 1. The second kappa shape index (κ2) is 8.17. The van der Waals surface area contributed by atoms with Gasteiger partial charge >= 0.3 is 0 Å². The minimum Gasteiger partial charge on any atom is -0.484 e. The van der Waals surface area contributed by atoms with Gasteiger partial charge in [-0.1, -0.05) is 31.2 Å². The molecule has 116 valence electrons. The molecule has 1 amide bonds. The predicted octanol–water partition coefficient (Wildman–Crippen LogP) is 3.13. The van der Waals surface area contributed by atoms with Crippen molar-refractivity contribution in [1.29, 1.82) is 0 Å². The Hall–Kier alpha value is -2.36. The molecule has 0 aromatic heterocycles. The van der Waals surface area contributed by atoms with Crippen molar-refractivity contribution in [3.63, 3.8) is 0 Å². The van der Waals surface area contributed by atoms with Gasteiger partial charge in [-0.25, -0.2) is 4.39 Å². The van der Waals surface area contributed by atoms with Crippen molar-refractivity contribution in [1.82, 2.24) is 5.32 Å². The van der Waals surface area contributed by atoms with Crippen molar-refractivity contribution in [2.24, 2.45) is 0 Å². The molecule has 0 aliphatic heterocycles. The molecule has 0 heterocycles. The Morgan fingerprint density at radius 1 is 1.14 bits per heavy atom. The number of nitrogens with one attached hydrogen (secondary N) is 1. The first-order valence-electron chi connectivity index (χ1n) is 7.40. The molecule has 2 rings (SSSR count). The van der Waals surface area contributed by atoms with Crippen LogP contribution in [-0.2, 0) is 17.6 Å². The molecule has 1 N–H and O–H groups in total. The number of benzene rings is 2. The zero-order valence-corrected chi connectivity index (χ0v) is 12.6. The van der Waals surface area contributed by atoms with Crippen LogP contribution in [0.15, 0.2) is 48.5 Å². The van der Waals surface area contributed by atoms with Crippen LogP contribution in [0.25, 0.3) is 0 Å². The van der Waals surface area contributed by atoms with E-state index in [0.717, 1.165) is 12.0 Å². The van der Waals surface area contributed by atoms with Gasteiger partial charge in [0.1, 0.15) is 11.6 Å². The number of aryl methyl sites for hydroxylation is 1. The average molecular weight is 301 g/mol. The molecule has 0 unspecified atom stereocenters. The highest BCUT2D eigenvalue weighted by atomic mass is 19.1. The summed E-state index contributed by atoms with van der Waals surface area (Å²) in [5.41, 5.74) is 2.16. The Balaban J connectivity index is 1.70. The van der Waals surface area contributed by atoms with Gasteiger partial charge in [0.25, 0.3) is 5.91 Å². The first-order chi connectivity index (χ1) is 10.7. The molecule has 22 heavy (non-hydrogen) atoms. The van der Waals surface area contributed by atoms with E-state index in [4.69, 9.17) is 4.74 Å². The van der Waals surface area contributed by atoms with Gasteiger partial charge in [-0.15, -0.1) is 0 Å². The standard InChI is InChI=1S/C18H20FNO2/c1-2-14-4-3-5-17(12-14)22-13-18(21)20-11-10-15-6-8-16(19)9-7-15/h3-9,12H,2,10-11,13H2,1H3,(H,20,21). The van der Waals surface area contributed by atoms with Crippen LogP contribution in [0, 0.1) is 5.82 Å². The predicted molar refractivity (Wildman–Crippen MR) is 84.4 cm³/mol. The number of hydrogen-bond acceptors (Lipinski definition) is 2. The summed E-state index contributed by atoms with van der Waals surface area (Å²) in [6.07, 6.45) is 1.60. The summed E-state index contributed by atoms with van der Waals surface area (Å²) >= 11 is 0. The van der Waals surface area contributed by atoms with Crippen molar-refractivity contribution in [2.45, 2.75) is 19.8 Å². The van der Waals surface area contributed by atoms with E-state index in [1.807, 2.05) is 24.3 Å². The summed E-state index contributed by atoms with van der Waals surface area (Å²) in [4.78, 5) is 11.7. The molecule has 0 spiro atoms. The first kappa shape index (κ1) is 16.0. The zero-order valence-electron chi connectivity index (χ0n) is 12.6. The van der Waals surface area contributed by atoms with E-state index in [0.29, 0.717) is 18.7 Å². The fraction of sp³-hybridized carbons (Fsp3) is 0.278. The third kappa shape index (κ3) is 5.20. The van der Waals surface area contributed by atoms with Gasteiger partial charge in [0.2, 0.25) is 0 Å². The molecule has 0 bridgehead atoms. The van der Waals surface area contributed by atoms with Crippen molar-refractivity contribution in [3.8, 4) is 5.75 Å². The smallest absolute Gasteiger partial charge is 0.257 e. The third-order valence-electron chi connectivity index (χ3n) is 3.33. The molecular weight excluding hydrogens is 281 g/mol. The van der Waals surface area contributed by atoms with Crippen LogP contribution >= 0.6 is 0 Å². The molecule has 4 heteroatoms. The number of carbonyl (C=O) groups excluding carboxylic acids is 1. The molecule has 0 saturated carbocycles. The summed E-state index contributed by atoms with van der Waals surface area (Å²) < 4.78 is 18.2. The van der Waals surface area contributed by atoms with Gasteiger partial charge in [0.15, 0.2) is 6.61 Å². The molecule has 2 aromatic rings. The number of hydrogen-bond donors (Lipinski definition) is 1.